The standard InChI is InChI=1S/C21H31N5O2S/c1-26-10-8-15(20(26)14-5-4-9-22-11-14)12-23-18(27)7-3-2-6-17-19-16(13-29-17)24-21(28)25-19/h4-5,9,11,15-17,19-20H,2-3,6-8,10,12-13H2,1H3,(H,23,27)(H2,24,25,28)/t15-,16-,17-,19-,20-/m0/s1. The number of unbranched alkanes of at least 4 members (excludes halogenated alkanes) is 1. The number of thioether (sulfide) groups is 1. The van der Waals surface area contributed by atoms with Gasteiger partial charge in [0, 0.05) is 42.4 Å². The van der Waals surface area contributed by atoms with Gasteiger partial charge in [0.15, 0.2) is 0 Å². The molecule has 3 aliphatic rings. The average Bonchev–Trinajstić information content (AvgIpc) is 3.38. The Morgan fingerprint density at radius 3 is 3.10 bits per heavy atom. The minimum absolute atomic E-state index is 0.0353. The molecular weight excluding hydrogens is 386 g/mol. The third-order valence-corrected chi connectivity index (χ3v) is 7.95. The topological polar surface area (TPSA) is 86.4 Å². The van der Waals surface area contributed by atoms with Gasteiger partial charge in [-0.15, -0.1) is 0 Å². The molecule has 0 unspecified atom stereocenters. The summed E-state index contributed by atoms with van der Waals surface area (Å²) in [5.41, 5.74) is 1.23. The van der Waals surface area contributed by atoms with Gasteiger partial charge in [0.1, 0.15) is 0 Å². The van der Waals surface area contributed by atoms with Gasteiger partial charge >= 0.3 is 6.03 Å². The Bertz CT molecular complexity index is 718. The van der Waals surface area contributed by atoms with Gasteiger partial charge in [0.2, 0.25) is 5.91 Å². The van der Waals surface area contributed by atoms with E-state index in [0.29, 0.717) is 23.6 Å². The Balaban J connectivity index is 1.15. The number of likely N-dealkylation sites (tertiary alicyclic amines) is 1. The van der Waals surface area contributed by atoms with Crippen LogP contribution in [0, 0.1) is 5.92 Å². The molecule has 0 spiro atoms. The maximum absolute atomic E-state index is 12.3. The van der Waals surface area contributed by atoms with E-state index >= 15 is 0 Å². The van der Waals surface area contributed by atoms with Gasteiger partial charge in [-0.05, 0) is 50.4 Å². The molecule has 0 aliphatic carbocycles. The van der Waals surface area contributed by atoms with Crippen molar-refractivity contribution in [2.24, 2.45) is 5.92 Å². The number of amides is 3. The van der Waals surface area contributed by atoms with Crippen molar-refractivity contribution < 1.29 is 9.59 Å². The molecule has 3 amide bonds. The molecule has 1 aromatic rings. The van der Waals surface area contributed by atoms with E-state index in [-0.39, 0.29) is 24.0 Å². The van der Waals surface area contributed by atoms with Crippen LogP contribution in [0.1, 0.15) is 43.7 Å². The van der Waals surface area contributed by atoms with Crippen molar-refractivity contribution in [3.8, 4) is 0 Å². The van der Waals surface area contributed by atoms with Crippen molar-refractivity contribution in [2.75, 3.05) is 25.9 Å². The second-order valence-corrected chi connectivity index (χ2v) is 9.70. The number of urea groups is 1. The van der Waals surface area contributed by atoms with Crippen LogP contribution in [-0.4, -0.2) is 65.0 Å². The number of hydrogen-bond donors (Lipinski definition) is 3. The highest BCUT2D eigenvalue weighted by molar-refractivity contribution is 8.00. The normalized spacial score (nSPS) is 31.3. The monoisotopic (exact) mass is 417 g/mol. The van der Waals surface area contributed by atoms with Crippen molar-refractivity contribution >= 4 is 23.7 Å². The van der Waals surface area contributed by atoms with E-state index in [1.807, 2.05) is 24.0 Å². The van der Waals surface area contributed by atoms with Crippen molar-refractivity contribution in [2.45, 2.75) is 55.5 Å². The van der Waals surface area contributed by atoms with Crippen LogP contribution in [0.4, 0.5) is 4.79 Å². The summed E-state index contributed by atoms with van der Waals surface area (Å²) < 4.78 is 0. The van der Waals surface area contributed by atoms with Gasteiger partial charge in [-0.1, -0.05) is 12.5 Å². The highest BCUT2D eigenvalue weighted by atomic mass is 32.2. The predicted molar refractivity (Wildman–Crippen MR) is 115 cm³/mol. The van der Waals surface area contributed by atoms with Crippen LogP contribution >= 0.6 is 11.8 Å². The molecule has 4 rings (SSSR count). The molecule has 158 valence electrons. The summed E-state index contributed by atoms with van der Waals surface area (Å²) in [6, 6.07) is 4.93. The fourth-order valence-corrected chi connectivity index (χ4v) is 6.47. The first kappa shape index (κ1) is 20.5. The highest BCUT2D eigenvalue weighted by Gasteiger charge is 2.42. The van der Waals surface area contributed by atoms with Gasteiger partial charge in [0.25, 0.3) is 0 Å². The summed E-state index contributed by atoms with van der Waals surface area (Å²) in [5, 5.41) is 9.63. The fourth-order valence-electron chi connectivity index (χ4n) is 4.92. The van der Waals surface area contributed by atoms with Crippen molar-refractivity contribution in [1.29, 1.82) is 0 Å². The third-order valence-electron chi connectivity index (χ3n) is 6.44. The van der Waals surface area contributed by atoms with Crippen molar-refractivity contribution in [1.82, 2.24) is 25.8 Å². The SMILES string of the molecule is CN1CC[C@@H](CNC(=O)CCCC[C@@H]2SC[C@@H]3NC(=O)N[C@@H]32)[C@@H]1c1cccnc1. The van der Waals surface area contributed by atoms with Crippen molar-refractivity contribution in [3.63, 3.8) is 0 Å². The van der Waals surface area contributed by atoms with Gasteiger partial charge in [-0.3, -0.25) is 14.7 Å². The Kier molecular flexibility index (Phi) is 6.60. The van der Waals surface area contributed by atoms with Crippen LogP contribution in [0.25, 0.3) is 0 Å². The van der Waals surface area contributed by atoms with E-state index < -0.39 is 0 Å². The number of carbonyl (C=O) groups excluding carboxylic acids is 2. The number of fused-ring (bicyclic) bond motifs is 1. The lowest BCUT2D eigenvalue weighted by Gasteiger charge is -2.25. The van der Waals surface area contributed by atoms with E-state index in [1.165, 1.54) is 5.56 Å². The van der Waals surface area contributed by atoms with Gasteiger partial charge in [-0.25, -0.2) is 4.79 Å². The summed E-state index contributed by atoms with van der Waals surface area (Å²) in [6.07, 6.45) is 8.39. The number of pyridine rings is 1. The van der Waals surface area contributed by atoms with Gasteiger partial charge < -0.3 is 16.0 Å². The Morgan fingerprint density at radius 1 is 1.38 bits per heavy atom. The molecule has 5 atom stereocenters. The maximum Gasteiger partial charge on any atom is 0.315 e. The maximum atomic E-state index is 12.3. The molecule has 0 bridgehead atoms. The van der Waals surface area contributed by atoms with E-state index in [1.54, 1.807) is 6.20 Å². The minimum Gasteiger partial charge on any atom is -0.356 e. The zero-order valence-electron chi connectivity index (χ0n) is 17.0. The molecule has 8 heteroatoms. The van der Waals surface area contributed by atoms with E-state index in [0.717, 1.165) is 44.5 Å². The molecule has 1 aromatic heterocycles. The number of nitrogens with one attached hydrogen (secondary N) is 3. The Morgan fingerprint density at radius 2 is 2.28 bits per heavy atom. The molecule has 29 heavy (non-hydrogen) atoms. The predicted octanol–water partition coefficient (Wildman–Crippen LogP) is 1.92. The highest BCUT2D eigenvalue weighted by Crippen LogP contribution is 2.35. The van der Waals surface area contributed by atoms with Gasteiger partial charge in [-0.2, -0.15) is 11.8 Å². The number of carbonyl (C=O) groups is 2. The van der Waals surface area contributed by atoms with Crippen LogP contribution in [0.5, 0.6) is 0 Å². The summed E-state index contributed by atoms with van der Waals surface area (Å²) in [6.45, 7) is 1.77. The van der Waals surface area contributed by atoms with E-state index in [9.17, 15) is 9.59 Å². The lowest BCUT2D eigenvalue weighted by molar-refractivity contribution is -0.121. The second-order valence-electron chi connectivity index (χ2n) is 8.43. The number of aromatic nitrogens is 1. The van der Waals surface area contributed by atoms with Crippen LogP contribution in [0.15, 0.2) is 24.5 Å². The first-order valence-corrected chi connectivity index (χ1v) is 11.7. The summed E-state index contributed by atoms with van der Waals surface area (Å²) in [7, 11) is 2.15. The second kappa shape index (κ2) is 9.34. The molecule has 3 fully saturated rings. The molecule has 7 nitrogen and oxygen atoms in total. The van der Waals surface area contributed by atoms with Crippen molar-refractivity contribution in [3.05, 3.63) is 30.1 Å². The Hall–Kier alpha value is -1.80. The molecule has 3 N–H and O–H groups in total. The number of hydrogen-bond acceptors (Lipinski definition) is 5. The third kappa shape index (κ3) is 4.86. The summed E-state index contributed by atoms with van der Waals surface area (Å²) >= 11 is 1.93. The Labute approximate surface area is 176 Å². The molecule has 3 saturated heterocycles. The molecule has 4 heterocycles. The number of nitrogens with zero attached hydrogens (tertiary/aromatic N) is 2. The first-order chi connectivity index (χ1) is 14.1. The fraction of sp³-hybridized carbons (Fsp3) is 0.667. The zero-order chi connectivity index (χ0) is 20.2. The molecule has 3 aliphatic heterocycles. The zero-order valence-corrected chi connectivity index (χ0v) is 17.8. The minimum atomic E-state index is -0.0353. The smallest absolute Gasteiger partial charge is 0.315 e. The first-order valence-electron chi connectivity index (χ1n) is 10.7. The quantitative estimate of drug-likeness (QED) is 0.444. The number of rotatable bonds is 8. The largest absolute Gasteiger partial charge is 0.356 e. The van der Waals surface area contributed by atoms with Crippen LogP contribution in [-0.2, 0) is 4.79 Å². The lowest BCUT2D eigenvalue weighted by atomic mass is 9.94. The summed E-state index contributed by atoms with van der Waals surface area (Å²) in [4.78, 5) is 30.4. The van der Waals surface area contributed by atoms with Crippen LogP contribution in [0.2, 0.25) is 0 Å². The van der Waals surface area contributed by atoms with E-state index in [4.69, 9.17) is 0 Å². The summed E-state index contributed by atoms with van der Waals surface area (Å²) in [5.74, 6) is 1.57. The molecule has 0 radical (unpaired) electrons. The van der Waals surface area contributed by atoms with Crippen LogP contribution < -0.4 is 16.0 Å². The molecular formula is C21H31N5O2S. The lowest BCUT2D eigenvalue weighted by Crippen LogP contribution is -2.36. The van der Waals surface area contributed by atoms with E-state index in [2.05, 4.69) is 38.9 Å². The molecule has 0 saturated carbocycles. The van der Waals surface area contributed by atoms with Crippen LogP contribution in [0.3, 0.4) is 0 Å². The molecule has 0 aromatic carbocycles. The van der Waals surface area contributed by atoms with Gasteiger partial charge in [0.05, 0.1) is 12.1 Å². The average molecular weight is 418 g/mol.